The van der Waals surface area contributed by atoms with Crippen LogP contribution in [0, 0.1) is 0 Å². The molecular formula is C19H15Cl4P. The predicted octanol–water partition coefficient (Wildman–Crippen LogP) is 6.00. The van der Waals surface area contributed by atoms with Crippen molar-refractivity contribution in [1.82, 2.24) is 0 Å². The van der Waals surface area contributed by atoms with Gasteiger partial charge < -0.3 is 0 Å². The van der Waals surface area contributed by atoms with Crippen molar-refractivity contribution in [2.45, 2.75) is 3.53 Å². The molecule has 0 saturated carbocycles. The van der Waals surface area contributed by atoms with E-state index in [0.717, 1.165) is 15.9 Å². The van der Waals surface area contributed by atoms with Crippen LogP contribution in [0.4, 0.5) is 0 Å². The average molecular weight is 416 g/mol. The van der Waals surface area contributed by atoms with Gasteiger partial charge in [-0.25, -0.2) is 0 Å². The minimum atomic E-state index is -3.87. The Bertz CT molecular complexity index is 715. The molecular weight excluding hydrogens is 401 g/mol. The molecule has 0 unspecified atom stereocenters. The Morgan fingerprint density at radius 2 is 0.750 bits per heavy atom. The molecule has 3 aromatic rings. The van der Waals surface area contributed by atoms with Gasteiger partial charge in [0, 0.05) is 0 Å². The topological polar surface area (TPSA) is 0 Å². The molecule has 0 nitrogen and oxygen atoms in total. The Labute approximate surface area is 162 Å². The van der Waals surface area contributed by atoms with Crippen molar-refractivity contribution in [1.29, 1.82) is 0 Å². The standard InChI is InChI=1S/C19H15Cl4P/c20-19(21,22)24(23,16-10-4-1-5-11-16,17-12-6-2-7-13-17)18-14-8-3-9-15-18/h1-15H. The van der Waals surface area contributed by atoms with Gasteiger partial charge in [0.1, 0.15) is 0 Å². The first-order valence-corrected chi connectivity index (χ1v) is 11.6. The zero-order valence-electron chi connectivity index (χ0n) is 12.6. The van der Waals surface area contributed by atoms with Crippen molar-refractivity contribution >= 4 is 67.9 Å². The van der Waals surface area contributed by atoms with Crippen molar-refractivity contribution in [3.63, 3.8) is 0 Å². The molecule has 0 radical (unpaired) electrons. The Hall–Kier alpha value is -0.750. The second-order valence-electron chi connectivity index (χ2n) is 5.48. The Kier molecular flexibility index (Phi) is 4.91. The molecule has 0 aliphatic heterocycles. The van der Waals surface area contributed by atoms with E-state index in [1.165, 1.54) is 0 Å². The summed E-state index contributed by atoms with van der Waals surface area (Å²) in [5.74, 6) is -3.87. The molecule has 0 amide bonds. The van der Waals surface area contributed by atoms with Crippen LogP contribution in [0.1, 0.15) is 0 Å². The van der Waals surface area contributed by atoms with Crippen molar-refractivity contribution in [2.75, 3.05) is 0 Å². The number of hydrogen-bond donors (Lipinski definition) is 0. The zero-order chi connectivity index (χ0) is 17.3. The van der Waals surface area contributed by atoms with Gasteiger partial charge in [-0.2, -0.15) is 0 Å². The van der Waals surface area contributed by atoms with Crippen LogP contribution in [0.15, 0.2) is 91.0 Å². The fourth-order valence-electron chi connectivity index (χ4n) is 3.01. The van der Waals surface area contributed by atoms with Gasteiger partial charge in [-0.15, -0.1) is 0 Å². The summed E-state index contributed by atoms with van der Waals surface area (Å²) >= 11 is 27.6. The van der Waals surface area contributed by atoms with Gasteiger partial charge in [-0.05, 0) is 0 Å². The van der Waals surface area contributed by atoms with Gasteiger partial charge >= 0.3 is 162 Å². The summed E-state index contributed by atoms with van der Waals surface area (Å²) in [4.78, 5) is 0. The van der Waals surface area contributed by atoms with E-state index in [1.54, 1.807) is 0 Å². The molecule has 0 N–H and O–H groups in total. The molecule has 0 aliphatic carbocycles. The molecule has 0 bridgehead atoms. The van der Waals surface area contributed by atoms with Crippen LogP contribution in [0.5, 0.6) is 0 Å². The minimum absolute atomic E-state index is 0.822. The molecule has 3 rings (SSSR count). The molecule has 0 saturated heterocycles. The molecule has 0 atom stereocenters. The van der Waals surface area contributed by atoms with Gasteiger partial charge in [-0.1, -0.05) is 0 Å². The first-order valence-electron chi connectivity index (χ1n) is 7.36. The summed E-state index contributed by atoms with van der Waals surface area (Å²) in [5, 5.41) is 2.47. The fraction of sp³-hybridized carbons (Fsp3) is 0.0526. The van der Waals surface area contributed by atoms with E-state index in [2.05, 4.69) is 0 Å². The van der Waals surface area contributed by atoms with Crippen LogP contribution in [0.3, 0.4) is 0 Å². The Balaban J connectivity index is 2.53. The van der Waals surface area contributed by atoms with E-state index in [9.17, 15) is 0 Å². The van der Waals surface area contributed by atoms with Crippen LogP contribution < -0.4 is 15.9 Å². The van der Waals surface area contributed by atoms with Gasteiger partial charge in [0.15, 0.2) is 0 Å². The summed E-state index contributed by atoms with van der Waals surface area (Å²) in [6.45, 7) is 0. The molecule has 124 valence electrons. The fourth-order valence-corrected chi connectivity index (χ4v) is 10.6. The number of rotatable bonds is 3. The zero-order valence-corrected chi connectivity index (χ0v) is 16.5. The Morgan fingerprint density at radius 3 is 0.958 bits per heavy atom. The summed E-state index contributed by atoms with van der Waals surface area (Å²) < 4.78 is -1.72. The number of hydrogen-bond acceptors (Lipinski definition) is 0. The first-order chi connectivity index (χ1) is 11.4. The van der Waals surface area contributed by atoms with Crippen molar-refractivity contribution in [2.24, 2.45) is 0 Å². The van der Waals surface area contributed by atoms with Crippen molar-refractivity contribution in [3.8, 4) is 0 Å². The SMILES string of the molecule is ClC(Cl)(Cl)P(Cl)(c1ccccc1)(c1ccccc1)c1ccccc1. The van der Waals surface area contributed by atoms with Crippen LogP contribution in [0.2, 0.25) is 0 Å². The third kappa shape index (κ3) is 2.48. The van der Waals surface area contributed by atoms with Gasteiger partial charge in [0.25, 0.3) is 0 Å². The number of benzene rings is 3. The molecule has 0 spiro atoms. The molecule has 24 heavy (non-hydrogen) atoms. The van der Waals surface area contributed by atoms with E-state index in [0.29, 0.717) is 0 Å². The monoisotopic (exact) mass is 414 g/mol. The molecule has 5 heteroatoms. The van der Waals surface area contributed by atoms with Crippen molar-refractivity contribution < 1.29 is 0 Å². The predicted molar refractivity (Wildman–Crippen MR) is 111 cm³/mol. The summed E-state index contributed by atoms with van der Waals surface area (Å²) in [7, 11) is 0. The summed E-state index contributed by atoms with van der Waals surface area (Å²) in [6.07, 6.45) is 0. The number of halogens is 4. The van der Waals surface area contributed by atoms with E-state index in [4.69, 9.17) is 46.0 Å². The quantitative estimate of drug-likeness (QED) is 0.363. The second-order valence-corrected chi connectivity index (χ2v) is 14.8. The second kappa shape index (κ2) is 6.52. The third-order valence-electron chi connectivity index (χ3n) is 4.20. The maximum absolute atomic E-state index is 7.58. The van der Waals surface area contributed by atoms with Crippen LogP contribution in [-0.4, -0.2) is 3.53 Å². The average Bonchev–Trinajstić information content (AvgIpc) is 2.62. The molecule has 0 aliphatic rings. The van der Waals surface area contributed by atoms with Gasteiger partial charge in [0.2, 0.25) is 0 Å². The van der Waals surface area contributed by atoms with E-state index < -0.39 is 9.49 Å². The molecule has 3 aromatic carbocycles. The molecule has 0 heterocycles. The summed E-state index contributed by atoms with van der Waals surface area (Å²) in [6, 6.07) is 28.9. The third-order valence-corrected chi connectivity index (χ3v) is 15.3. The maximum atomic E-state index is 7.58. The van der Waals surface area contributed by atoms with Crippen LogP contribution in [0.25, 0.3) is 0 Å². The van der Waals surface area contributed by atoms with Crippen LogP contribution >= 0.6 is 52.0 Å². The van der Waals surface area contributed by atoms with E-state index >= 15 is 0 Å². The molecule has 0 fully saturated rings. The number of alkyl halides is 3. The summed E-state index contributed by atoms with van der Waals surface area (Å²) in [5.41, 5.74) is 0. The Morgan fingerprint density at radius 1 is 0.500 bits per heavy atom. The van der Waals surface area contributed by atoms with Gasteiger partial charge in [0.05, 0.1) is 0 Å². The van der Waals surface area contributed by atoms with Gasteiger partial charge in [-0.3, -0.25) is 0 Å². The van der Waals surface area contributed by atoms with Crippen LogP contribution in [-0.2, 0) is 0 Å². The van der Waals surface area contributed by atoms with E-state index in [1.807, 2.05) is 91.0 Å². The van der Waals surface area contributed by atoms with E-state index in [-0.39, 0.29) is 0 Å². The normalized spacial score (nSPS) is 13.9. The molecule has 0 aromatic heterocycles. The first kappa shape index (κ1) is 18.1. The van der Waals surface area contributed by atoms with Crippen molar-refractivity contribution in [3.05, 3.63) is 91.0 Å².